The molecule has 0 spiro atoms. The van der Waals surface area contributed by atoms with Crippen molar-refractivity contribution >= 4 is 0 Å². The highest BCUT2D eigenvalue weighted by atomic mass is 14.7. The molecule has 0 amide bonds. The third-order valence-electron chi connectivity index (χ3n) is 2.26. The zero-order chi connectivity index (χ0) is 6.91. The van der Waals surface area contributed by atoms with Crippen LogP contribution in [0, 0.1) is 5.92 Å². The molecule has 0 unspecified atom stereocenters. The minimum atomic E-state index is 0.150. The molecule has 1 fully saturated rings. The molecule has 1 aliphatic rings. The lowest BCUT2D eigenvalue weighted by atomic mass is 9.78. The summed E-state index contributed by atoms with van der Waals surface area (Å²) in [5, 5.41) is 0. The molecular formula is C8H17N. The van der Waals surface area contributed by atoms with E-state index in [1.165, 1.54) is 25.7 Å². The van der Waals surface area contributed by atoms with Crippen LogP contribution in [0.1, 0.15) is 39.5 Å². The Balaban J connectivity index is 2.41. The van der Waals surface area contributed by atoms with Gasteiger partial charge in [-0.05, 0) is 25.7 Å². The van der Waals surface area contributed by atoms with Gasteiger partial charge in [0.05, 0.1) is 0 Å². The zero-order valence-corrected chi connectivity index (χ0v) is 6.48. The van der Waals surface area contributed by atoms with Gasteiger partial charge in [-0.1, -0.05) is 19.8 Å². The van der Waals surface area contributed by atoms with Crippen molar-refractivity contribution in [2.75, 3.05) is 0 Å². The van der Waals surface area contributed by atoms with Gasteiger partial charge >= 0.3 is 0 Å². The summed E-state index contributed by atoms with van der Waals surface area (Å²) in [5.41, 5.74) is 6.12. The summed E-state index contributed by atoms with van der Waals surface area (Å²) in [6.07, 6.45) is 5.14. The van der Waals surface area contributed by atoms with Gasteiger partial charge in [0.15, 0.2) is 0 Å². The topological polar surface area (TPSA) is 26.0 Å². The Hall–Kier alpha value is -0.0400. The number of rotatable bonds is 0. The van der Waals surface area contributed by atoms with E-state index in [9.17, 15) is 0 Å². The maximum Gasteiger partial charge on any atom is 0.0128 e. The average molecular weight is 127 g/mol. The highest BCUT2D eigenvalue weighted by molar-refractivity contribution is 4.84. The van der Waals surface area contributed by atoms with Crippen molar-refractivity contribution < 1.29 is 0 Å². The van der Waals surface area contributed by atoms with E-state index >= 15 is 0 Å². The van der Waals surface area contributed by atoms with Crippen molar-refractivity contribution in [2.24, 2.45) is 11.7 Å². The van der Waals surface area contributed by atoms with Gasteiger partial charge in [0.25, 0.3) is 0 Å². The lowest BCUT2D eigenvalue weighted by Crippen LogP contribution is -2.40. The fraction of sp³-hybridized carbons (Fsp3) is 1.00. The Bertz CT molecular complexity index is 96.7. The minimum Gasteiger partial charge on any atom is -0.325 e. The van der Waals surface area contributed by atoms with E-state index in [0.717, 1.165) is 5.92 Å². The predicted octanol–water partition coefficient (Wildman–Crippen LogP) is 1.91. The normalized spacial score (nSPS) is 45.0. The maximum atomic E-state index is 5.97. The molecule has 1 aliphatic carbocycles. The largest absolute Gasteiger partial charge is 0.325 e. The fourth-order valence-electron chi connectivity index (χ4n) is 1.85. The first-order valence-corrected chi connectivity index (χ1v) is 3.89. The van der Waals surface area contributed by atoms with Crippen molar-refractivity contribution in [2.45, 2.75) is 45.1 Å². The van der Waals surface area contributed by atoms with Crippen LogP contribution in [0.5, 0.6) is 0 Å². The summed E-state index contributed by atoms with van der Waals surface area (Å²) in [6.45, 7) is 4.47. The molecule has 0 aromatic carbocycles. The summed E-state index contributed by atoms with van der Waals surface area (Å²) < 4.78 is 0. The van der Waals surface area contributed by atoms with Gasteiger partial charge < -0.3 is 5.73 Å². The lowest BCUT2D eigenvalue weighted by molar-refractivity contribution is 0.256. The van der Waals surface area contributed by atoms with Crippen LogP contribution in [0.15, 0.2) is 0 Å². The quantitative estimate of drug-likeness (QED) is 0.528. The second-order valence-electron chi connectivity index (χ2n) is 3.86. The van der Waals surface area contributed by atoms with Crippen molar-refractivity contribution in [3.8, 4) is 0 Å². The lowest BCUT2D eigenvalue weighted by Gasteiger charge is -2.33. The van der Waals surface area contributed by atoms with Crippen molar-refractivity contribution in [3.63, 3.8) is 0 Å². The number of nitrogens with two attached hydrogens (primary N) is 1. The SMILES string of the molecule is C[C@@H]1CCC[C@](C)(N)C1. The van der Waals surface area contributed by atoms with Crippen LogP contribution in [-0.4, -0.2) is 5.54 Å². The Labute approximate surface area is 57.6 Å². The van der Waals surface area contributed by atoms with E-state index in [1.54, 1.807) is 0 Å². The van der Waals surface area contributed by atoms with Gasteiger partial charge in [-0.2, -0.15) is 0 Å². The first-order chi connectivity index (χ1) is 4.10. The average Bonchev–Trinajstić information content (AvgIpc) is 1.60. The van der Waals surface area contributed by atoms with Crippen LogP contribution in [0.2, 0.25) is 0 Å². The molecule has 2 N–H and O–H groups in total. The highest BCUT2D eigenvalue weighted by Gasteiger charge is 2.25. The molecule has 2 atom stereocenters. The summed E-state index contributed by atoms with van der Waals surface area (Å²) in [6, 6.07) is 0. The van der Waals surface area contributed by atoms with Gasteiger partial charge in [0.2, 0.25) is 0 Å². The molecule has 0 radical (unpaired) electrons. The van der Waals surface area contributed by atoms with Gasteiger partial charge in [0.1, 0.15) is 0 Å². The van der Waals surface area contributed by atoms with E-state index in [1.807, 2.05) is 0 Å². The van der Waals surface area contributed by atoms with Gasteiger partial charge in [-0.3, -0.25) is 0 Å². The van der Waals surface area contributed by atoms with Crippen LogP contribution in [-0.2, 0) is 0 Å². The molecule has 1 nitrogen and oxygen atoms in total. The third-order valence-corrected chi connectivity index (χ3v) is 2.26. The van der Waals surface area contributed by atoms with E-state index in [4.69, 9.17) is 5.73 Å². The molecule has 0 heterocycles. The van der Waals surface area contributed by atoms with E-state index in [-0.39, 0.29) is 5.54 Å². The molecule has 1 rings (SSSR count). The molecule has 0 bridgehead atoms. The Morgan fingerprint density at radius 3 is 2.56 bits per heavy atom. The third kappa shape index (κ3) is 1.98. The molecule has 0 aliphatic heterocycles. The van der Waals surface area contributed by atoms with Gasteiger partial charge in [-0.25, -0.2) is 0 Å². The van der Waals surface area contributed by atoms with Crippen molar-refractivity contribution in [1.82, 2.24) is 0 Å². The second-order valence-corrected chi connectivity index (χ2v) is 3.86. The number of hydrogen-bond donors (Lipinski definition) is 1. The molecule has 0 aromatic heterocycles. The summed E-state index contributed by atoms with van der Waals surface area (Å²) in [7, 11) is 0. The highest BCUT2D eigenvalue weighted by Crippen LogP contribution is 2.29. The smallest absolute Gasteiger partial charge is 0.0128 e. The molecule has 1 saturated carbocycles. The van der Waals surface area contributed by atoms with E-state index in [2.05, 4.69) is 13.8 Å². The van der Waals surface area contributed by atoms with E-state index < -0.39 is 0 Å². The summed E-state index contributed by atoms with van der Waals surface area (Å²) >= 11 is 0. The van der Waals surface area contributed by atoms with E-state index in [0.29, 0.717) is 0 Å². The Kier molecular flexibility index (Phi) is 1.80. The molecule has 0 aromatic rings. The minimum absolute atomic E-state index is 0.150. The first kappa shape index (κ1) is 7.07. The predicted molar refractivity (Wildman–Crippen MR) is 40.2 cm³/mol. The molecule has 0 saturated heterocycles. The second kappa shape index (κ2) is 2.30. The standard InChI is InChI=1S/C8H17N/c1-7-4-3-5-8(2,9)6-7/h7H,3-6,9H2,1-2H3/t7-,8+/m1/s1. The maximum absolute atomic E-state index is 5.97. The van der Waals surface area contributed by atoms with Crippen LogP contribution >= 0.6 is 0 Å². The monoisotopic (exact) mass is 127 g/mol. The molecular weight excluding hydrogens is 110 g/mol. The summed E-state index contributed by atoms with van der Waals surface area (Å²) in [5.74, 6) is 0.855. The Morgan fingerprint density at radius 1 is 1.56 bits per heavy atom. The van der Waals surface area contributed by atoms with Gasteiger partial charge in [-0.15, -0.1) is 0 Å². The Morgan fingerprint density at radius 2 is 2.22 bits per heavy atom. The van der Waals surface area contributed by atoms with Crippen LogP contribution in [0.25, 0.3) is 0 Å². The van der Waals surface area contributed by atoms with Gasteiger partial charge in [0, 0.05) is 5.54 Å². The zero-order valence-electron chi connectivity index (χ0n) is 6.48. The van der Waals surface area contributed by atoms with Crippen LogP contribution in [0.3, 0.4) is 0 Å². The molecule has 9 heavy (non-hydrogen) atoms. The first-order valence-electron chi connectivity index (χ1n) is 3.89. The van der Waals surface area contributed by atoms with Crippen molar-refractivity contribution in [3.05, 3.63) is 0 Å². The fourth-order valence-corrected chi connectivity index (χ4v) is 1.85. The van der Waals surface area contributed by atoms with Crippen LogP contribution < -0.4 is 5.73 Å². The summed E-state index contributed by atoms with van der Waals surface area (Å²) in [4.78, 5) is 0. The van der Waals surface area contributed by atoms with Crippen LogP contribution in [0.4, 0.5) is 0 Å². The molecule has 1 heteroatoms. The van der Waals surface area contributed by atoms with Crippen molar-refractivity contribution in [1.29, 1.82) is 0 Å². The molecule has 54 valence electrons. The number of hydrogen-bond acceptors (Lipinski definition) is 1.